The average Bonchev–Trinajstić information content (AvgIpc) is 2.55. The van der Waals surface area contributed by atoms with Gasteiger partial charge in [0.1, 0.15) is 25.4 Å². The molecule has 0 saturated carbocycles. The van der Waals surface area contributed by atoms with E-state index in [0.717, 1.165) is 12.8 Å². The van der Waals surface area contributed by atoms with Gasteiger partial charge in [0.15, 0.2) is 0 Å². The molecule has 23 heavy (non-hydrogen) atoms. The Balaban J connectivity index is 3.69. The molecule has 0 heterocycles. The van der Waals surface area contributed by atoms with Crippen LogP contribution in [0.25, 0.3) is 0 Å². The monoisotopic (exact) mass is 335 g/mol. The predicted molar refractivity (Wildman–Crippen MR) is 79.6 cm³/mol. The van der Waals surface area contributed by atoms with Crippen molar-refractivity contribution in [1.82, 2.24) is 0 Å². The Morgan fingerprint density at radius 1 is 1.09 bits per heavy atom. The number of aliphatic hydroxyl groups is 2. The van der Waals surface area contributed by atoms with Crippen LogP contribution in [0.1, 0.15) is 32.6 Å². The number of esters is 2. The summed E-state index contributed by atoms with van der Waals surface area (Å²) in [5, 5.41) is 20.7. The fourth-order valence-electron chi connectivity index (χ4n) is 1.36. The molecule has 0 saturated heterocycles. The number of nitroso groups, excluding NO2 is 1. The zero-order chi connectivity index (χ0) is 17.5. The van der Waals surface area contributed by atoms with E-state index in [1.54, 1.807) is 0 Å². The van der Waals surface area contributed by atoms with E-state index in [-0.39, 0.29) is 32.7 Å². The second kappa shape index (κ2) is 14.0. The Labute approximate surface area is 134 Å². The third kappa shape index (κ3) is 12.6. The highest BCUT2D eigenvalue weighted by molar-refractivity contribution is 5.77. The Bertz CT molecular complexity index is 350. The minimum absolute atomic E-state index is 0.0799. The molecular weight excluding hydrogens is 310 g/mol. The van der Waals surface area contributed by atoms with Gasteiger partial charge in [-0.1, -0.05) is 18.5 Å². The molecule has 0 aromatic heterocycles. The van der Waals surface area contributed by atoms with E-state index in [1.165, 1.54) is 0 Å². The van der Waals surface area contributed by atoms with Gasteiger partial charge in [-0.25, -0.2) is 0 Å². The van der Waals surface area contributed by atoms with Crippen molar-refractivity contribution in [3.63, 3.8) is 0 Å². The maximum atomic E-state index is 11.4. The van der Waals surface area contributed by atoms with Crippen LogP contribution in [0.2, 0.25) is 0 Å². The van der Waals surface area contributed by atoms with Crippen LogP contribution >= 0.6 is 0 Å². The molecule has 0 aromatic carbocycles. The number of nitrogens with zero attached hydrogens (tertiary/aromatic N) is 1. The summed E-state index contributed by atoms with van der Waals surface area (Å²) in [4.78, 5) is 32.9. The lowest BCUT2D eigenvalue weighted by Gasteiger charge is -2.12. The molecule has 0 aliphatic carbocycles. The van der Waals surface area contributed by atoms with Gasteiger partial charge < -0.3 is 24.4 Å². The van der Waals surface area contributed by atoms with Crippen LogP contribution in [0.4, 0.5) is 0 Å². The number of carbonyl (C=O) groups excluding carboxylic acids is 2. The van der Waals surface area contributed by atoms with E-state index in [0.29, 0.717) is 6.61 Å². The fraction of sp³-hybridized carbons (Fsp3) is 0.857. The zero-order valence-electron chi connectivity index (χ0n) is 13.3. The minimum Gasteiger partial charge on any atom is -0.463 e. The third-order valence-electron chi connectivity index (χ3n) is 2.72. The van der Waals surface area contributed by atoms with Crippen molar-refractivity contribution < 1.29 is 34.0 Å². The Kier molecular flexibility index (Phi) is 13.1. The summed E-state index contributed by atoms with van der Waals surface area (Å²) in [7, 11) is 0. The van der Waals surface area contributed by atoms with Crippen LogP contribution in [-0.4, -0.2) is 67.3 Å². The maximum absolute atomic E-state index is 11.4. The van der Waals surface area contributed by atoms with Gasteiger partial charge in [-0.05, 0) is 6.42 Å². The zero-order valence-corrected chi connectivity index (χ0v) is 13.3. The van der Waals surface area contributed by atoms with Crippen molar-refractivity contribution in [3.8, 4) is 0 Å². The number of carbonyl (C=O) groups is 2. The number of hydrogen-bond acceptors (Lipinski definition) is 9. The molecule has 0 radical (unpaired) electrons. The summed E-state index contributed by atoms with van der Waals surface area (Å²) in [5.74, 6) is -1.35. The molecule has 2 atom stereocenters. The summed E-state index contributed by atoms with van der Waals surface area (Å²) < 4.78 is 14.6. The van der Waals surface area contributed by atoms with Gasteiger partial charge in [-0.2, -0.15) is 4.91 Å². The first kappa shape index (κ1) is 21.4. The Morgan fingerprint density at radius 3 is 2.22 bits per heavy atom. The number of aliphatic hydroxyl groups excluding tert-OH is 2. The first-order valence-electron chi connectivity index (χ1n) is 7.53. The van der Waals surface area contributed by atoms with E-state index in [1.807, 2.05) is 6.92 Å². The molecule has 9 heteroatoms. The quantitative estimate of drug-likeness (QED) is 0.261. The van der Waals surface area contributed by atoms with E-state index < -0.39 is 30.7 Å². The molecule has 0 bridgehead atoms. The minimum atomic E-state index is -1.01. The van der Waals surface area contributed by atoms with Gasteiger partial charge in [0.25, 0.3) is 0 Å². The fourth-order valence-corrected chi connectivity index (χ4v) is 1.36. The Hall–Kier alpha value is -1.58. The van der Waals surface area contributed by atoms with Gasteiger partial charge in [0, 0.05) is 6.61 Å². The summed E-state index contributed by atoms with van der Waals surface area (Å²) in [6, 6.07) is -1.01. The van der Waals surface area contributed by atoms with Gasteiger partial charge in [0.05, 0.1) is 26.1 Å². The van der Waals surface area contributed by atoms with Crippen LogP contribution in [-0.2, 0) is 23.8 Å². The van der Waals surface area contributed by atoms with Crippen LogP contribution in [0.15, 0.2) is 5.18 Å². The van der Waals surface area contributed by atoms with E-state index in [2.05, 4.69) is 9.91 Å². The molecule has 0 unspecified atom stereocenters. The molecule has 0 rings (SSSR count). The standard InChI is InChI=1S/C14H25NO8/c1-2-3-6-21-9-12(17)10-23-14(19)5-4-13(18)22-8-11(7-16)15-20/h11-12,16-17H,2-10H2,1H3/t11-,12-/m0/s1. The van der Waals surface area contributed by atoms with Crippen molar-refractivity contribution in [2.24, 2.45) is 5.18 Å². The number of ether oxygens (including phenoxy) is 3. The first-order chi connectivity index (χ1) is 11.0. The van der Waals surface area contributed by atoms with Gasteiger partial charge >= 0.3 is 11.9 Å². The highest BCUT2D eigenvalue weighted by Crippen LogP contribution is 2.00. The largest absolute Gasteiger partial charge is 0.463 e. The number of hydrogen-bond donors (Lipinski definition) is 2. The lowest BCUT2D eigenvalue weighted by atomic mass is 10.3. The molecule has 134 valence electrons. The summed E-state index contributed by atoms with van der Waals surface area (Å²) >= 11 is 0. The molecule has 0 aromatic rings. The van der Waals surface area contributed by atoms with Crippen LogP contribution < -0.4 is 0 Å². The molecule has 2 N–H and O–H groups in total. The highest BCUT2D eigenvalue weighted by Gasteiger charge is 2.14. The van der Waals surface area contributed by atoms with Gasteiger partial charge in [0.2, 0.25) is 0 Å². The second-order valence-electron chi connectivity index (χ2n) is 4.89. The smallest absolute Gasteiger partial charge is 0.306 e. The molecule has 0 spiro atoms. The normalized spacial score (nSPS) is 13.2. The topological polar surface area (TPSA) is 132 Å². The number of unbranched alkanes of at least 4 members (excludes halogenated alkanes) is 1. The highest BCUT2D eigenvalue weighted by atomic mass is 16.6. The molecule has 0 aliphatic rings. The maximum Gasteiger partial charge on any atom is 0.306 e. The lowest BCUT2D eigenvalue weighted by molar-refractivity contribution is -0.153. The predicted octanol–water partition coefficient (Wildman–Crippen LogP) is 0.158. The van der Waals surface area contributed by atoms with Crippen LogP contribution in [0.5, 0.6) is 0 Å². The molecule has 9 nitrogen and oxygen atoms in total. The molecular formula is C14H25NO8. The van der Waals surface area contributed by atoms with E-state index in [4.69, 9.17) is 14.6 Å². The molecule has 0 fully saturated rings. The average molecular weight is 335 g/mol. The van der Waals surface area contributed by atoms with Crippen molar-refractivity contribution in [1.29, 1.82) is 0 Å². The van der Waals surface area contributed by atoms with Crippen molar-refractivity contribution in [2.45, 2.75) is 44.8 Å². The second-order valence-corrected chi connectivity index (χ2v) is 4.89. The van der Waals surface area contributed by atoms with Crippen LogP contribution in [0.3, 0.4) is 0 Å². The van der Waals surface area contributed by atoms with Gasteiger partial charge in [-0.15, -0.1) is 0 Å². The molecule has 0 aliphatic heterocycles. The van der Waals surface area contributed by atoms with Crippen molar-refractivity contribution in [3.05, 3.63) is 4.91 Å². The first-order valence-corrected chi connectivity index (χ1v) is 7.53. The van der Waals surface area contributed by atoms with Crippen molar-refractivity contribution in [2.75, 3.05) is 33.0 Å². The third-order valence-corrected chi connectivity index (χ3v) is 2.72. The summed E-state index contributed by atoms with van der Waals surface area (Å²) in [6.07, 6.45) is 0.542. The Morgan fingerprint density at radius 2 is 1.70 bits per heavy atom. The van der Waals surface area contributed by atoms with E-state index >= 15 is 0 Å². The summed E-state index contributed by atoms with van der Waals surface area (Å²) in [6.45, 7) is 1.58. The number of rotatable bonds is 14. The molecule has 0 amide bonds. The summed E-state index contributed by atoms with van der Waals surface area (Å²) in [5.41, 5.74) is 0. The van der Waals surface area contributed by atoms with Crippen molar-refractivity contribution >= 4 is 11.9 Å². The lowest BCUT2D eigenvalue weighted by Crippen LogP contribution is -2.24. The van der Waals surface area contributed by atoms with E-state index in [9.17, 15) is 19.6 Å². The van der Waals surface area contributed by atoms with Crippen LogP contribution in [0, 0.1) is 4.91 Å². The van der Waals surface area contributed by atoms with Gasteiger partial charge in [-0.3, -0.25) is 9.59 Å². The SMILES string of the molecule is CCCCOC[C@H](O)COC(=O)CCC(=O)OC[C@H](CO)N=O.